The SMILES string of the molecule is CCN(C(=O)CN(CCC1CCCCC1)CC(N)=O)c1c(N)n(Cc2ccccc2)c(=O)[nH]c1=O. The van der Waals surface area contributed by atoms with Crippen molar-refractivity contribution in [3.05, 3.63) is 56.7 Å². The molecular weight excluding hydrogens is 448 g/mol. The first-order valence-electron chi connectivity index (χ1n) is 12.3. The second-order valence-corrected chi connectivity index (χ2v) is 9.17. The summed E-state index contributed by atoms with van der Waals surface area (Å²) in [7, 11) is 0. The molecule has 0 bridgehead atoms. The Hall–Kier alpha value is -3.40. The molecule has 0 unspecified atom stereocenters. The maximum atomic E-state index is 13.3. The molecule has 2 aromatic rings. The summed E-state index contributed by atoms with van der Waals surface area (Å²) in [6, 6.07) is 9.22. The number of likely N-dealkylation sites (N-methyl/N-ethyl adjacent to an activating group) is 1. The first-order chi connectivity index (χ1) is 16.8. The number of H-pyrrole nitrogens is 1. The van der Waals surface area contributed by atoms with Crippen LogP contribution in [0.2, 0.25) is 0 Å². The van der Waals surface area contributed by atoms with Crippen LogP contribution in [-0.2, 0) is 16.1 Å². The number of nitrogen functional groups attached to an aromatic ring is 1. The predicted molar refractivity (Wildman–Crippen MR) is 136 cm³/mol. The number of carbonyl (C=O) groups is 2. The Balaban J connectivity index is 1.81. The largest absolute Gasteiger partial charge is 0.383 e. The van der Waals surface area contributed by atoms with Crippen molar-refractivity contribution in [3.8, 4) is 0 Å². The van der Waals surface area contributed by atoms with Gasteiger partial charge in [-0.3, -0.25) is 28.8 Å². The molecule has 190 valence electrons. The van der Waals surface area contributed by atoms with Crippen molar-refractivity contribution in [3.63, 3.8) is 0 Å². The van der Waals surface area contributed by atoms with E-state index in [1.54, 1.807) is 11.8 Å². The molecule has 1 aromatic carbocycles. The summed E-state index contributed by atoms with van der Waals surface area (Å²) in [5, 5.41) is 0. The Morgan fingerprint density at radius 3 is 2.40 bits per heavy atom. The number of hydrogen-bond donors (Lipinski definition) is 3. The number of amides is 2. The van der Waals surface area contributed by atoms with Crippen LogP contribution in [0, 0.1) is 5.92 Å². The number of nitrogens with zero attached hydrogens (tertiary/aromatic N) is 3. The fourth-order valence-electron chi connectivity index (χ4n) is 4.77. The molecular formula is C25H36N6O4. The van der Waals surface area contributed by atoms with E-state index in [1.807, 2.05) is 30.3 Å². The number of benzene rings is 1. The summed E-state index contributed by atoms with van der Waals surface area (Å²) < 4.78 is 1.24. The van der Waals surface area contributed by atoms with Crippen LogP contribution in [0.15, 0.2) is 39.9 Å². The highest BCUT2D eigenvalue weighted by molar-refractivity contribution is 5.97. The molecule has 1 fully saturated rings. The standard InChI is InChI=1S/C25H36N6O4/c1-2-30(21(33)17-29(16-20(26)32)14-13-18-9-5-3-6-10-18)22-23(27)31(25(35)28-24(22)34)15-19-11-7-4-8-12-19/h4,7-8,11-12,18H,2-3,5-6,9-10,13-17,27H2,1H3,(H2,26,32)(H,28,34,35). The Labute approximate surface area is 204 Å². The fraction of sp³-hybridized carbons (Fsp3) is 0.520. The second-order valence-electron chi connectivity index (χ2n) is 9.17. The summed E-state index contributed by atoms with van der Waals surface area (Å²) >= 11 is 0. The molecule has 10 nitrogen and oxygen atoms in total. The average Bonchev–Trinajstić information content (AvgIpc) is 2.83. The van der Waals surface area contributed by atoms with E-state index in [-0.39, 0.29) is 43.6 Å². The molecule has 0 atom stereocenters. The van der Waals surface area contributed by atoms with Gasteiger partial charge in [-0.2, -0.15) is 0 Å². The van der Waals surface area contributed by atoms with Gasteiger partial charge in [0.15, 0.2) is 5.69 Å². The summed E-state index contributed by atoms with van der Waals surface area (Å²) in [4.78, 5) is 55.5. The van der Waals surface area contributed by atoms with Crippen LogP contribution >= 0.6 is 0 Å². The topological polar surface area (TPSA) is 148 Å². The van der Waals surface area contributed by atoms with Crippen molar-refractivity contribution in [2.24, 2.45) is 11.7 Å². The number of nitrogens with one attached hydrogen (secondary N) is 1. The van der Waals surface area contributed by atoms with E-state index >= 15 is 0 Å². The minimum atomic E-state index is -0.726. The highest BCUT2D eigenvalue weighted by Gasteiger charge is 2.25. The number of anilines is 2. The van der Waals surface area contributed by atoms with Crippen molar-refractivity contribution in [2.75, 3.05) is 36.8 Å². The van der Waals surface area contributed by atoms with E-state index in [0.717, 1.165) is 24.8 Å². The predicted octanol–water partition coefficient (Wildman–Crippen LogP) is 1.28. The minimum absolute atomic E-state index is 0.0463. The monoisotopic (exact) mass is 484 g/mol. The molecule has 0 saturated heterocycles. The van der Waals surface area contributed by atoms with Gasteiger partial charge in [-0.1, -0.05) is 62.4 Å². The zero-order valence-electron chi connectivity index (χ0n) is 20.4. The number of rotatable bonds is 11. The van der Waals surface area contributed by atoms with Crippen molar-refractivity contribution in [1.82, 2.24) is 14.5 Å². The van der Waals surface area contributed by atoms with Gasteiger partial charge >= 0.3 is 5.69 Å². The van der Waals surface area contributed by atoms with E-state index in [2.05, 4.69) is 4.98 Å². The van der Waals surface area contributed by atoms with E-state index in [0.29, 0.717) is 12.5 Å². The third kappa shape index (κ3) is 7.05. The molecule has 5 N–H and O–H groups in total. The van der Waals surface area contributed by atoms with Gasteiger partial charge in [0.25, 0.3) is 5.56 Å². The van der Waals surface area contributed by atoms with E-state index in [1.165, 1.54) is 28.7 Å². The molecule has 0 radical (unpaired) electrons. The van der Waals surface area contributed by atoms with Gasteiger partial charge in [-0.15, -0.1) is 0 Å². The van der Waals surface area contributed by atoms with Crippen molar-refractivity contribution < 1.29 is 9.59 Å². The Kier molecular flexibility index (Phi) is 9.25. The lowest BCUT2D eigenvalue weighted by atomic mass is 9.87. The van der Waals surface area contributed by atoms with Crippen molar-refractivity contribution in [2.45, 2.75) is 52.0 Å². The van der Waals surface area contributed by atoms with Crippen LogP contribution in [-0.4, -0.2) is 52.4 Å². The zero-order valence-corrected chi connectivity index (χ0v) is 20.4. The van der Waals surface area contributed by atoms with Crippen molar-refractivity contribution in [1.29, 1.82) is 0 Å². The van der Waals surface area contributed by atoms with Crippen LogP contribution in [0.3, 0.4) is 0 Å². The van der Waals surface area contributed by atoms with E-state index < -0.39 is 17.2 Å². The minimum Gasteiger partial charge on any atom is -0.383 e. The Bertz CT molecular complexity index is 1120. The number of nitrogens with two attached hydrogens (primary N) is 2. The number of aromatic nitrogens is 2. The van der Waals surface area contributed by atoms with Gasteiger partial charge in [-0.25, -0.2) is 4.79 Å². The molecule has 10 heteroatoms. The number of carbonyl (C=O) groups excluding carboxylic acids is 2. The molecule has 1 heterocycles. The third-order valence-electron chi connectivity index (χ3n) is 6.60. The van der Waals surface area contributed by atoms with Crippen LogP contribution in [0.4, 0.5) is 11.5 Å². The molecule has 1 aliphatic rings. The number of primary amides is 1. The Morgan fingerprint density at radius 1 is 1.09 bits per heavy atom. The molecule has 35 heavy (non-hydrogen) atoms. The molecule has 1 saturated carbocycles. The molecule has 1 aromatic heterocycles. The molecule has 3 rings (SSSR count). The molecule has 2 amide bonds. The number of hydrogen-bond acceptors (Lipinski definition) is 6. The zero-order chi connectivity index (χ0) is 25.4. The second kappa shape index (κ2) is 12.3. The lowest BCUT2D eigenvalue weighted by Crippen LogP contribution is -2.47. The summed E-state index contributed by atoms with van der Waals surface area (Å²) in [6.45, 7) is 2.48. The third-order valence-corrected chi connectivity index (χ3v) is 6.60. The summed E-state index contributed by atoms with van der Waals surface area (Å²) in [6.07, 6.45) is 6.89. The van der Waals surface area contributed by atoms with Gasteiger partial charge < -0.3 is 16.4 Å². The van der Waals surface area contributed by atoms with Crippen LogP contribution in [0.1, 0.15) is 51.0 Å². The van der Waals surface area contributed by atoms with Crippen LogP contribution < -0.4 is 27.6 Å². The number of aromatic amines is 1. The van der Waals surface area contributed by atoms with Gasteiger partial charge in [0, 0.05) is 6.54 Å². The molecule has 0 aliphatic heterocycles. The fourth-order valence-corrected chi connectivity index (χ4v) is 4.77. The summed E-state index contributed by atoms with van der Waals surface area (Å²) in [5.74, 6) is -0.407. The van der Waals surface area contributed by atoms with E-state index in [9.17, 15) is 19.2 Å². The normalized spacial score (nSPS) is 14.2. The highest BCUT2D eigenvalue weighted by Crippen LogP contribution is 2.26. The molecule has 0 spiro atoms. The van der Waals surface area contributed by atoms with Gasteiger partial charge in [0.2, 0.25) is 11.8 Å². The average molecular weight is 485 g/mol. The first-order valence-corrected chi connectivity index (χ1v) is 12.3. The van der Waals surface area contributed by atoms with Gasteiger partial charge in [0.05, 0.1) is 19.6 Å². The van der Waals surface area contributed by atoms with Gasteiger partial charge in [0.1, 0.15) is 5.82 Å². The van der Waals surface area contributed by atoms with Crippen LogP contribution in [0.25, 0.3) is 0 Å². The summed E-state index contributed by atoms with van der Waals surface area (Å²) in [5.41, 5.74) is 11.1. The Morgan fingerprint density at radius 2 is 1.77 bits per heavy atom. The van der Waals surface area contributed by atoms with Crippen molar-refractivity contribution >= 4 is 23.3 Å². The maximum Gasteiger partial charge on any atom is 0.330 e. The maximum absolute atomic E-state index is 13.3. The lowest BCUT2D eigenvalue weighted by Gasteiger charge is -2.28. The van der Waals surface area contributed by atoms with Crippen LogP contribution in [0.5, 0.6) is 0 Å². The highest BCUT2D eigenvalue weighted by atomic mass is 16.2. The smallest absolute Gasteiger partial charge is 0.330 e. The first kappa shape index (κ1) is 26.2. The van der Waals surface area contributed by atoms with Gasteiger partial charge in [-0.05, 0) is 31.4 Å². The quantitative estimate of drug-likeness (QED) is 0.438. The molecule has 1 aliphatic carbocycles. The lowest BCUT2D eigenvalue weighted by molar-refractivity contribution is -0.122. The van der Waals surface area contributed by atoms with E-state index in [4.69, 9.17) is 11.5 Å².